The molecular formula is C14H27NO5S. The second kappa shape index (κ2) is 7.56. The molecule has 0 saturated carbocycles. The maximum atomic E-state index is 12.6. The summed E-state index contributed by atoms with van der Waals surface area (Å²) in [4.78, 5) is 11.1. The van der Waals surface area contributed by atoms with Gasteiger partial charge in [0.25, 0.3) is 0 Å². The fourth-order valence-corrected chi connectivity index (χ4v) is 4.75. The van der Waals surface area contributed by atoms with E-state index in [0.717, 1.165) is 0 Å². The lowest BCUT2D eigenvalue weighted by Crippen LogP contribution is -2.49. The number of carboxylic acids is 1. The first kappa shape index (κ1) is 18.4. The van der Waals surface area contributed by atoms with Crippen LogP contribution in [0.4, 0.5) is 0 Å². The highest BCUT2D eigenvalue weighted by Crippen LogP contribution is 2.26. The Kier molecular flexibility index (Phi) is 6.62. The Morgan fingerprint density at radius 2 is 2.00 bits per heavy atom. The summed E-state index contributed by atoms with van der Waals surface area (Å²) in [6.45, 7) is 5.93. The monoisotopic (exact) mass is 321 g/mol. The van der Waals surface area contributed by atoms with Gasteiger partial charge in [0.05, 0.1) is 17.8 Å². The zero-order valence-electron chi connectivity index (χ0n) is 13.3. The maximum Gasteiger partial charge on any atom is 0.307 e. The van der Waals surface area contributed by atoms with Crippen molar-refractivity contribution < 1.29 is 23.1 Å². The van der Waals surface area contributed by atoms with E-state index in [1.165, 1.54) is 11.4 Å². The highest BCUT2D eigenvalue weighted by Gasteiger charge is 2.37. The summed E-state index contributed by atoms with van der Waals surface area (Å²) < 4.78 is 31.8. The molecule has 3 unspecified atom stereocenters. The van der Waals surface area contributed by atoms with E-state index in [4.69, 9.17) is 9.84 Å². The fourth-order valence-electron chi connectivity index (χ4n) is 2.75. The first-order chi connectivity index (χ1) is 9.67. The van der Waals surface area contributed by atoms with Crippen LogP contribution in [0.5, 0.6) is 0 Å². The Labute approximate surface area is 127 Å². The summed E-state index contributed by atoms with van der Waals surface area (Å²) in [5.74, 6) is -1.27. The Balaban J connectivity index is 2.81. The third kappa shape index (κ3) is 5.23. The molecule has 0 aromatic carbocycles. The molecule has 1 fully saturated rings. The zero-order valence-corrected chi connectivity index (χ0v) is 14.1. The quantitative estimate of drug-likeness (QED) is 0.769. The van der Waals surface area contributed by atoms with E-state index in [1.807, 2.05) is 20.8 Å². The molecule has 1 saturated heterocycles. The molecular weight excluding hydrogens is 294 g/mol. The van der Waals surface area contributed by atoms with Crippen molar-refractivity contribution in [3.8, 4) is 0 Å². The number of ether oxygens (including phenoxy) is 1. The average molecular weight is 321 g/mol. The number of nitrogens with zero attached hydrogens (tertiary/aromatic N) is 1. The molecule has 0 aromatic heterocycles. The predicted molar refractivity (Wildman–Crippen MR) is 80.6 cm³/mol. The summed E-state index contributed by atoms with van der Waals surface area (Å²) in [5, 5.41) is 9.11. The van der Waals surface area contributed by atoms with E-state index in [9.17, 15) is 13.2 Å². The minimum absolute atomic E-state index is 0.0664. The van der Waals surface area contributed by atoms with Crippen LogP contribution >= 0.6 is 0 Å². The standard InChI is InChI=1S/C14H27NO5S/c1-10(2)7-13(20-4)9-21(18,19)15-8-12(14(16)17)6-5-11(15)3/h10-13H,5-9H2,1-4H3,(H,16,17). The molecule has 1 N–H and O–H groups in total. The molecule has 1 rings (SSSR count). The van der Waals surface area contributed by atoms with Crippen molar-refractivity contribution in [2.45, 2.75) is 52.2 Å². The third-order valence-corrected chi connectivity index (χ3v) is 6.01. The van der Waals surface area contributed by atoms with Crippen molar-refractivity contribution in [1.82, 2.24) is 4.31 Å². The van der Waals surface area contributed by atoms with Crippen molar-refractivity contribution in [1.29, 1.82) is 0 Å². The van der Waals surface area contributed by atoms with Crippen LogP contribution in [0.15, 0.2) is 0 Å². The van der Waals surface area contributed by atoms with Crippen molar-refractivity contribution in [3.05, 3.63) is 0 Å². The second-order valence-electron chi connectivity index (χ2n) is 6.30. The van der Waals surface area contributed by atoms with Gasteiger partial charge in [0.2, 0.25) is 10.0 Å². The molecule has 0 aliphatic carbocycles. The van der Waals surface area contributed by atoms with Crippen LogP contribution in [-0.2, 0) is 19.6 Å². The van der Waals surface area contributed by atoms with Crippen LogP contribution in [0, 0.1) is 11.8 Å². The Bertz CT molecular complexity index is 448. The summed E-state index contributed by atoms with van der Waals surface area (Å²) in [6.07, 6.45) is 1.42. The number of hydrogen-bond acceptors (Lipinski definition) is 4. The van der Waals surface area contributed by atoms with E-state index in [2.05, 4.69) is 0 Å². The summed E-state index contributed by atoms with van der Waals surface area (Å²) in [6, 6.07) is -0.151. The lowest BCUT2D eigenvalue weighted by molar-refractivity contribution is -0.143. The molecule has 0 amide bonds. The Morgan fingerprint density at radius 3 is 2.48 bits per heavy atom. The molecule has 124 valence electrons. The molecule has 0 bridgehead atoms. The van der Waals surface area contributed by atoms with Gasteiger partial charge in [-0.3, -0.25) is 4.79 Å². The second-order valence-corrected chi connectivity index (χ2v) is 8.26. The van der Waals surface area contributed by atoms with E-state index >= 15 is 0 Å². The fraction of sp³-hybridized carbons (Fsp3) is 0.929. The van der Waals surface area contributed by atoms with Gasteiger partial charge in [0, 0.05) is 19.7 Å². The molecule has 0 radical (unpaired) electrons. The summed E-state index contributed by atoms with van der Waals surface area (Å²) in [5.41, 5.74) is 0. The number of carboxylic acid groups (broad SMARTS) is 1. The van der Waals surface area contributed by atoms with Gasteiger partial charge in [-0.25, -0.2) is 8.42 Å². The van der Waals surface area contributed by atoms with Gasteiger partial charge >= 0.3 is 5.97 Å². The average Bonchev–Trinajstić information content (AvgIpc) is 2.36. The van der Waals surface area contributed by atoms with Crippen LogP contribution in [0.1, 0.15) is 40.0 Å². The van der Waals surface area contributed by atoms with Crippen molar-refractivity contribution in [2.24, 2.45) is 11.8 Å². The van der Waals surface area contributed by atoms with Crippen LogP contribution in [0.2, 0.25) is 0 Å². The lowest BCUT2D eigenvalue weighted by atomic mass is 9.96. The maximum absolute atomic E-state index is 12.6. The first-order valence-electron chi connectivity index (χ1n) is 7.42. The number of sulfonamides is 1. The van der Waals surface area contributed by atoms with Crippen LogP contribution in [0.25, 0.3) is 0 Å². The molecule has 3 atom stereocenters. The number of rotatable bonds is 7. The largest absolute Gasteiger partial charge is 0.481 e. The van der Waals surface area contributed by atoms with Gasteiger partial charge < -0.3 is 9.84 Å². The van der Waals surface area contributed by atoms with Gasteiger partial charge in [-0.2, -0.15) is 4.31 Å². The van der Waals surface area contributed by atoms with Gasteiger partial charge in [-0.05, 0) is 32.1 Å². The normalized spacial score (nSPS) is 26.0. The van der Waals surface area contributed by atoms with E-state index in [0.29, 0.717) is 25.2 Å². The lowest BCUT2D eigenvalue weighted by Gasteiger charge is -2.36. The van der Waals surface area contributed by atoms with E-state index in [1.54, 1.807) is 0 Å². The molecule has 0 spiro atoms. The predicted octanol–water partition coefficient (Wildman–Crippen LogP) is 1.56. The third-order valence-electron chi connectivity index (χ3n) is 4.00. The van der Waals surface area contributed by atoms with Gasteiger partial charge in [-0.15, -0.1) is 0 Å². The number of methoxy groups -OCH3 is 1. The Morgan fingerprint density at radius 1 is 1.38 bits per heavy atom. The number of piperidine rings is 1. The van der Waals surface area contributed by atoms with Crippen molar-refractivity contribution in [2.75, 3.05) is 19.4 Å². The van der Waals surface area contributed by atoms with Crippen LogP contribution in [-0.4, -0.2) is 55.4 Å². The highest BCUT2D eigenvalue weighted by atomic mass is 32.2. The highest BCUT2D eigenvalue weighted by molar-refractivity contribution is 7.89. The van der Waals surface area contributed by atoms with E-state index in [-0.39, 0.29) is 24.4 Å². The van der Waals surface area contributed by atoms with Crippen LogP contribution < -0.4 is 0 Å². The minimum atomic E-state index is -3.51. The number of carbonyl (C=O) groups is 1. The number of aliphatic carboxylic acids is 1. The molecule has 6 nitrogen and oxygen atoms in total. The molecule has 1 aliphatic rings. The molecule has 1 heterocycles. The topological polar surface area (TPSA) is 83.9 Å². The summed E-state index contributed by atoms with van der Waals surface area (Å²) >= 11 is 0. The van der Waals surface area contributed by atoms with Gasteiger partial charge in [0.1, 0.15) is 0 Å². The molecule has 7 heteroatoms. The number of hydrogen-bond donors (Lipinski definition) is 1. The Hall–Kier alpha value is -0.660. The minimum Gasteiger partial charge on any atom is -0.481 e. The molecule has 1 aliphatic heterocycles. The van der Waals surface area contributed by atoms with Gasteiger partial charge in [-0.1, -0.05) is 13.8 Å². The molecule has 0 aromatic rings. The van der Waals surface area contributed by atoms with Crippen molar-refractivity contribution >= 4 is 16.0 Å². The van der Waals surface area contributed by atoms with Gasteiger partial charge in [0.15, 0.2) is 0 Å². The van der Waals surface area contributed by atoms with E-state index < -0.39 is 21.9 Å². The smallest absolute Gasteiger partial charge is 0.307 e. The summed E-state index contributed by atoms with van der Waals surface area (Å²) in [7, 11) is -1.99. The zero-order chi connectivity index (χ0) is 16.2. The van der Waals surface area contributed by atoms with Crippen molar-refractivity contribution in [3.63, 3.8) is 0 Å². The van der Waals surface area contributed by atoms with Crippen LogP contribution in [0.3, 0.4) is 0 Å². The first-order valence-corrected chi connectivity index (χ1v) is 9.03. The molecule has 21 heavy (non-hydrogen) atoms. The SMILES string of the molecule is COC(CC(C)C)CS(=O)(=O)N1CC(C(=O)O)CCC1C.